The Morgan fingerprint density at radius 2 is 1.76 bits per heavy atom. The lowest BCUT2D eigenvalue weighted by atomic mass is 9.99. The van der Waals surface area contributed by atoms with Crippen LogP contribution in [-0.2, 0) is 30.4 Å². The summed E-state index contributed by atoms with van der Waals surface area (Å²) in [6, 6.07) is 6.05. The smallest absolute Gasteiger partial charge is 0.451 e. The van der Waals surface area contributed by atoms with Gasteiger partial charge in [0.2, 0.25) is 11.7 Å². The Balaban J connectivity index is 1.57. The van der Waals surface area contributed by atoms with Gasteiger partial charge >= 0.3 is 6.18 Å². The number of carbonyl (C=O) groups is 1. The molecule has 13 heteroatoms. The summed E-state index contributed by atoms with van der Waals surface area (Å²) in [5.41, 5.74) is 6.55. The van der Waals surface area contributed by atoms with E-state index in [9.17, 15) is 31.1 Å². The second-order valence-electron chi connectivity index (χ2n) is 8.71. The van der Waals surface area contributed by atoms with E-state index < -0.39 is 47.4 Å². The van der Waals surface area contributed by atoms with Crippen LogP contribution in [0.3, 0.4) is 0 Å². The molecule has 0 bridgehead atoms. The minimum absolute atomic E-state index is 0.0250. The van der Waals surface area contributed by atoms with Gasteiger partial charge in [0.1, 0.15) is 11.6 Å². The molecule has 0 saturated heterocycles. The number of hydrogen-bond donors (Lipinski definition) is 1. The molecule has 2 N–H and O–H groups in total. The highest BCUT2D eigenvalue weighted by atomic mass is 19.4. The number of carbonyl (C=O) groups excluding carboxylic acids is 1. The van der Waals surface area contributed by atoms with Crippen LogP contribution in [0.4, 0.5) is 26.3 Å². The van der Waals surface area contributed by atoms with E-state index in [4.69, 9.17) is 10.5 Å². The summed E-state index contributed by atoms with van der Waals surface area (Å²) >= 11 is 0. The summed E-state index contributed by atoms with van der Waals surface area (Å²) in [6.07, 6.45) is -5.14. The van der Waals surface area contributed by atoms with Gasteiger partial charge in [-0.15, -0.1) is 10.2 Å². The topological polar surface area (TPSA) is 86.3 Å². The Morgan fingerprint density at radius 3 is 2.41 bits per heavy atom. The van der Waals surface area contributed by atoms with Gasteiger partial charge in [0.05, 0.1) is 13.2 Å². The molecule has 0 unspecified atom stereocenters. The molecule has 1 aliphatic heterocycles. The fourth-order valence-corrected chi connectivity index (χ4v) is 4.40. The van der Waals surface area contributed by atoms with Crippen LogP contribution >= 0.6 is 0 Å². The zero-order valence-electron chi connectivity index (χ0n) is 19.6. The van der Waals surface area contributed by atoms with E-state index in [0.717, 1.165) is 4.57 Å². The normalized spacial score (nSPS) is 16.4. The fraction of sp³-hybridized carbons (Fsp3) is 0.375. The van der Waals surface area contributed by atoms with Gasteiger partial charge in [0, 0.05) is 38.0 Å². The molecule has 1 aromatic heterocycles. The number of alkyl halides is 3. The van der Waals surface area contributed by atoms with Crippen LogP contribution in [0.2, 0.25) is 0 Å². The summed E-state index contributed by atoms with van der Waals surface area (Å²) in [5.74, 6) is -4.68. The first-order chi connectivity index (χ1) is 17.5. The van der Waals surface area contributed by atoms with Gasteiger partial charge in [0.15, 0.2) is 17.5 Å². The molecule has 1 aliphatic rings. The monoisotopic (exact) mass is 527 g/mol. The number of ether oxygens (including phenoxy) is 1. The van der Waals surface area contributed by atoms with Crippen molar-refractivity contribution < 1.29 is 35.9 Å². The van der Waals surface area contributed by atoms with Crippen LogP contribution < -0.4 is 10.5 Å². The minimum atomic E-state index is -4.72. The van der Waals surface area contributed by atoms with Gasteiger partial charge < -0.3 is 19.9 Å². The van der Waals surface area contributed by atoms with E-state index in [1.807, 2.05) is 0 Å². The highest BCUT2D eigenvalue weighted by Gasteiger charge is 2.43. The Bertz CT molecular complexity index is 1280. The molecule has 0 saturated carbocycles. The predicted octanol–water partition coefficient (Wildman–Crippen LogP) is 3.81. The molecule has 3 aromatic rings. The number of hydrogen-bond acceptors (Lipinski definition) is 5. The van der Waals surface area contributed by atoms with Gasteiger partial charge in [-0.1, -0.05) is 12.1 Å². The number of halogens is 6. The van der Waals surface area contributed by atoms with Gasteiger partial charge in [-0.25, -0.2) is 13.2 Å². The lowest BCUT2D eigenvalue weighted by Gasteiger charge is -2.36. The molecule has 7 nitrogen and oxygen atoms in total. The second-order valence-corrected chi connectivity index (χ2v) is 8.71. The number of aromatic nitrogens is 3. The Labute approximate surface area is 207 Å². The molecule has 1 amide bonds. The molecule has 4 rings (SSSR count). The standard InChI is InChI=1S/C24H23F6N5O2/c1-37-16-4-2-13(3-5-16)8-20-22-32-33-23(24(28,29)30)35(22)7-6-34(20)21(36)11-15(31)9-14-10-18(26)19(27)12-17(14)25/h2-5,10,12,15,20H,6-9,11,31H2,1H3/t15-,20+/m1/s1. The molecule has 37 heavy (non-hydrogen) atoms. The van der Waals surface area contributed by atoms with Crippen LogP contribution in [0.1, 0.15) is 35.2 Å². The number of nitrogens with zero attached hydrogens (tertiary/aromatic N) is 4. The highest BCUT2D eigenvalue weighted by Crippen LogP contribution is 2.35. The van der Waals surface area contributed by atoms with Gasteiger partial charge in [0.25, 0.3) is 0 Å². The maximum atomic E-state index is 14.0. The van der Waals surface area contributed by atoms with Crippen LogP contribution in [0.15, 0.2) is 36.4 Å². The van der Waals surface area contributed by atoms with Gasteiger partial charge in [-0.05, 0) is 35.7 Å². The fourth-order valence-electron chi connectivity index (χ4n) is 4.40. The third-order valence-electron chi connectivity index (χ3n) is 6.19. The zero-order valence-corrected chi connectivity index (χ0v) is 19.6. The average Bonchev–Trinajstić information content (AvgIpc) is 3.28. The largest absolute Gasteiger partial charge is 0.497 e. The minimum Gasteiger partial charge on any atom is -0.497 e. The van der Waals surface area contributed by atoms with Gasteiger partial charge in [-0.3, -0.25) is 4.79 Å². The van der Waals surface area contributed by atoms with Crippen molar-refractivity contribution >= 4 is 5.91 Å². The Morgan fingerprint density at radius 1 is 1.08 bits per heavy atom. The molecule has 2 atom stereocenters. The third-order valence-corrected chi connectivity index (χ3v) is 6.19. The maximum Gasteiger partial charge on any atom is 0.451 e. The second kappa shape index (κ2) is 10.4. The summed E-state index contributed by atoms with van der Waals surface area (Å²) < 4.78 is 87.2. The van der Waals surface area contributed by atoms with Crippen LogP contribution in [0.25, 0.3) is 0 Å². The van der Waals surface area contributed by atoms with Gasteiger partial charge in [-0.2, -0.15) is 13.2 Å². The molecule has 0 fully saturated rings. The Hall–Kier alpha value is -3.61. The lowest BCUT2D eigenvalue weighted by Crippen LogP contribution is -2.45. The molecule has 0 spiro atoms. The first-order valence-electron chi connectivity index (χ1n) is 11.3. The van der Waals surface area contributed by atoms with E-state index in [0.29, 0.717) is 23.4 Å². The van der Waals surface area contributed by atoms with Crippen molar-refractivity contribution in [3.8, 4) is 5.75 Å². The first kappa shape index (κ1) is 26.5. The zero-order chi connectivity index (χ0) is 26.9. The predicted molar refractivity (Wildman–Crippen MR) is 119 cm³/mol. The van der Waals surface area contributed by atoms with Crippen molar-refractivity contribution in [1.82, 2.24) is 19.7 Å². The molecule has 0 radical (unpaired) electrons. The van der Waals surface area contributed by atoms with E-state index in [-0.39, 0.29) is 43.7 Å². The molecular weight excluding hydrogens is 504 g/mol. The van der Waals surface area contributed by atoms with Crippen molar-refractivity contribution in [2.75, 3.05) is 13.7 Å². The number of nitrogens with two attached hydrogens (primary N) is 1. The number of fused-ring (bicyclic) bond motifs is 1. The molecule has 198 valence electrons. The summed E-state index contributed by atoms with van der Waals surface area (Å²) in [6.45, 7) is -0.255. The van der Waals surface area contributed by atoms with Crippen molar-refractivity contribution in [1.29, 1.82) is 0 Å². The highest BCUT2D eigenvalue weighted by molar-refractivity contribution is 5.77. The van der Waals surface area contributed by atoms with Crippen LogP contribution in [0.5, 0.6) is 5.75 Å². The summed E-state index contributed by atoms with van der Waals surface area (Å²) in [4.78, 5) is 14.6. The van der Waals surface area contributed by atoms with E-state index in [2.05, 4.69) is 10.2 Å². The van der Waals surface area contributed by atoms with Crippen molar-refractivity contribution in [3.63, 3.8) is 0 Å². The van der Waals surface area contributed by atoms with Crippen LogP contribution in [-0.4, -0.2) is 45.3 Å². The number of benzene rings is 2. The summed E-state index contributed by atoms with van der Waals surface area (Å²) in [5, 5.41) is 7.08. The molecule has 0 aliphatic carbocycles. The number of methoxy groups -OCH3 is 1. The third kappa shape index (κ3) is 5.71. The van der Waals surface area contributed by atoms with E-state index in [1.165, 1.54) is 12.0 Å². The van der Waals surface area contributed by atoms with E-state index >= 15 is 0 Å². The first-order valence-corrected chi connectivity index (χ1v) is 11.3. The number of amides is 1. The molecule has 2 aromatic carbocycles. The maximum absolute atomic E-state index is 14.0. The molecular formula is C24H23F6N5O2. The lowest BCUT2D eigenvalue weighted by molar-refractivity contribution is -0.148. The van der Waals surface area contributed by atoms with Crippen molar-refractivity contribution in [3.05, 3.63) is 76.6 Å². The van der Waals surface area contributed by atoms with Crippen molar-refractivity contribution in [2.24, 2.45) is 5.73 Å². The SMILES string of the molecule is COc1ccc(C[C@H]2c3nnc(C(F)(F)F)n3CCN2C(=O)C[C@H](N)Cc2cc(F)c(F)cc2F)cc1. The molecule has 2 heterocycles. The van der Waals surface area contributed by atoms with E-state index in [1.54, 1.807) is 24.3 Å². The van der Waals surface area contributed by atoms with Crippen molar-refractivity contribution in [2.45, 2.75) is 44.1 Å². The average molecular weight is 527 g/mol. The van der Waals surface area contributed by atoms with Crippen LogP contribution in [0, 0.1) is 17.5 Å². The summed E-state index contributed by atoms with van der Waals surface area (Å²) in [7, 11) is 1.49. The quantitative estimate of drug-likeness (QED) is 0.373. The Kier molecular flexibility index (Phi) is 7.44. The number of rotatable bonds is 7.